The summed E-state index contributed by atoms with van der Waals surface area (Å²) in [5.41, 5.74) is 0. The first-order valence-electron chi connectivity index (χ1n) is 47.3. The number of carbonyl (C=O) groups is 4. The van der Waals surface area contributed by atoms with Crippen LogP contribution in [-0.2, 0) is 65.4 Å². The van der Waals surface area contributed by atoms with Gasteiger partial charge in [-0.05, 0) is 49.4 Å². The fourth-order valence-electron chi connectivity index (χ4n) is 14.3. The van der Waals surface area contributed by atoms with Gasteiger partial charge in [-0.15, -0.1) is 0 Å². The average Bonchev–Trinajstić information content (AvgIpc) is 0.899. The van der Waals surface area contributed by atoms with Gasteiger partial charge < -0.3 is 33.8 Å². The normalized spacial score (nSPS) is 14.6. The molecule has 0 saturated heterocycles. The van der Waals surface area contributed by atoms with Crippen LogP contribution in [0.25, 0.3) is 0 Å². The summed E-state index contributed by atoms with van der Waals surface area (Å²) < 4.78 is 69.1. The van der Waals surface area contributed by atoms with Crippen molar-refractivity contribution in [3.05, 3.63) is 0 Å². The first-order chi connectivity index (χ1) is 53.7. The first kappa shape index (κ1) is 109. The largest absolute Gasteiger partial charge is 0.472 e. The average molecular weight is 1620 g/mol. The maximum atomic E-state index is 13.2. The van der Waals surface area contributed by atoms with E-state index in [-0.39, 0.29) is 25.7 Å². The highest BCUT2D eigenvalue weighted by atomic mass is 31.2. The van der Waals surface area contributed by atoms with E-state index in [0.29, 0.717) is 25.7 Å². The van der Waals surface area contributed by atoms with Gasteiger partial charge in [-0.25, -0.2) is 9.13 Å². The number of hydrogen-bond acceptors (Lipinski definition) is 15. The second kappa shape index (κ2) is 80.5. The predicted octanol–water partition coefficient (Wildman–Crippen LogP) is 28.3. The first-order valence-corrected chi connectivity index (χ1v) is 50.3. The number of rotatable bonds is 89. The van der Waals surface area contributed by atoms with Crippen molar-refractivity contribution < 1.29 is 80.2 Å². The molecule has 5 unspecified atom stereocenters. The Morgan fingerprint density at radius 2 is 0.432 bits per heavy atom. The number of phosphoric acid groups is 2. The summed E-state index contributed by atoms with van der Waals surface area (Å²) >= 11 is 0. The van der Waals surface area contributed by atoms with Gasteiger partial charge in [-0.2, -0.15) is 0 Å². The molecule has 0 aliphatic heterocycles. The molecule has 0 fully saturated rings. The molecular formula is C92H180O17P2. The van der Waals surface area contributed by atoms with Crippen molar-refractivity contribution in [1.29, 1.82) is 0 Å². The van der Waals surface area contributed by atoms with Crippen LogP contribution in [0.15, 0.2) is 0 Å². The standard InChI is InChI=1S/C92H180O17P2/c1-9-83(6)69-61-53-45-39-33-27-21-17-13-15-19-23-30-36-42-48-58-66-74-91(96)108-87(78-102-89(94)72-64-56-47-41-35-29-22-18-14-12-16-20-26-32-38-44-52-60-68-82(4)5)80-106-110(98,99)104-76-86(93)77-105-111(100,101)107-81-88(79-103-90(95)73-65-57-51-50-55-63-71-85(8)11-3)109-92(97)75-67-59-49-43-37-31-25-24-28-34-40-46-54-62-70-84(7)10-2/h82-88,93H,9-81H2,1-8H3,(H,98,99)(H,100,101)/t83?,84?,85?,86-,87-,88-/m1/s1. The Bertz CT molecular complexity index is 2150. The van der Waals surface area contributed by atoms with Crippen LogP contribution in [0.4, 0.5) is 0 Å². The van der Waals surface area contributed by atoms with Crippen molar-refractivity contribution in [2.45, 2.75) is 504 Å². The minimum atomic E-state index is -4.97. The van der Waals surface area contributed by atoms with Crippen LogP contribution in [0.2, 0.25) is 0 Å². The minimum Gasteiger partial charge on any atom is -0.462 e. The monoisotopic (exact) mass is 1620 g/mol. The van der Waals surface area contributed by atoms with Crippen molar-refractivity contribution in [2.24, 2.45) is 23.7 Å². The smallest absolute Gasteiger partial charge is 0.462 e. The summed E-state index contributed by atoms with van der Waals surface area (Å²) in [7, 11) is -9.94. The zero-order valence-electron chi connectivity index (χ0n) is 73.6. The molecule has 0 aromatic rings. The maximum absolute atomic E-state index is 13.2. The van der Waals surface area contributed by atoms with E-state index in [2.05, 4.69) is 55.4 Å². The molecule has 0 saturated carbocycles. The van der Waals surface area contributed by atoms with E-state index in [4.69, 9.17) is 37.0 Å². The van der Waals surface area contributed by atoms with Crippen LogP contribution in [0.1, 0.15) is 486 Å². The van der Waals surface area contributed by atoms with Gasteiger partial charge in [-0.1, -0.05) is 434 Å². The second-order valence-electron chi connectivity index (χ2n) is 34.3. The summed E-state index contributed by atoms with van der Waals surface area (Å²) in [6.45, 7) is 14.4. The highest BCUT2D eigenvalue weighted by Gasteiger charge is 2.31. The van der Waals surface area contributed by atoms with Crippen molar-refractivity contribution in [3.63, 3.8) is 0 Å². The minimum absolute atomic E-state index is 0.107. The van der Waals surface area contributed by atoms with E-state index in [1.54, 1.807) is 0 Å². The van der Waals surface area contributed by atoms with E-state index < -0.39 is 97.5 Å². The van der Waals surface area contributed by atoms with Gasteiger partial charge in [0.25, 0.3) is 0 Å². The molecular weight excluding hydrogens is 1440 g/mol. The molecule has 111 heavy (non-hydrogen) atoms. The molecule has 17 nitrogen and oxygen atoms in total. The Kier molecular flexibility index (Phi) is 79.1. The van der Waals surface area contributed by atoms with E-state index in [1.165, 1.54) is 283 Å². The SMILES string of the molecule is CCC(C)CCCCCCCCCCCCCCCCCCCCC(=O)O[C@H](COC(=O)CCCCCCCCCCCCCCCCCCCCC(C)C)COP(=O)(O)OC[C@@H](O)COP(=O)(O)OC[C@@H](COC(=O)CCCCCCCCC(C)CC)OC(=O)CCCCCCCCCCCCCCCCC(C)CC. The lowest BCUT2D eigenvalue weighted by Crippen LogP contribution is -2.30. The number of hydrogen-bond donors (Lipinski definition) is 3. The predicted molar refractivity (Wildman–Crippen MR) is 460 cm³/mol. The Morgan fingerprint density at radius 3 is 0.640 bits per heavy atom. The van der Waals surface area contributed by atoms with Gasteiger partial charge >= 0.3 is 39.5 Å². The molecule has 0 aliphatic rings. The summed E-state index contributed by atoms with van der Waals surface area (Å²) in [6, 6.07) is 0. The molecule has 0 aromatic carbocycles. The summed E-state index contributed by atoms with van der Waals surface area (Å²) in [5.74, 6) is 1.17. The van der Waals surface area contributed by atoms with Crippen molar-refractivity contribution in [2.75, 3.05) is 39.6 Å². The Labute approximate surface area is 683 Å². The zero-order chi connectivity index (χ0) is 81.6. The number of ether oxygens (including phenoxy) is 4. The Balaban J connectivity index is 5.23. The zero-order valence-corrected chi connectivity index (χ0v) is 75.4. The lowest BCUT2D eigenvalue weighted by molar-refractivity contribution is -0.161. The maximum Gasteiger partial charge on any atom is 0.472 e. The molecule has 0 radical (unpaired) electrons. The van der Waals surface area contributed by atoms with Gasteiger partial charge in [0.05, 0.1) is 26.4 Å². The molecule has 0 bridgehead atoms. The molecule has 0 amide bonds. The number of aliphatic hydroxyl groups excluding tert-OH is 1. The highest BCUT2D eigenvalue weighted by molar-refractivity contribution is 7.47. The quantitative estimate of drug-likeness (QED) is 0.0222. The molecule has 0 aromatic heterocycles. The van der Waals surface area contributed by atoms with Crippen molar-refractivity contribution in [3.8, 4) is 0 Å². The number of aliphatic hydroxyl groups is 1. The molecule has 8 atom stereocenters. The van der Waals surface area contributed by atoms with Gasteiger partial charge in [0, 0.05) is 25.7 Å². The molecule has 660 valence electrons. The fraction of sp³-hybridized carbons (Fsp3) is 0.957. The van der Waals surface area contributed by atoms with Crippen LogP contribution >= 0.6 is 15.6 Å². The van der Waals surface area contributed by atoms with E-state index >= 15 is 0 Å². The van der Waals surface area contributed by atoms with Crippen molar-refractivity contribution in [1.82, 2.24) is 0 Å². The molecule has 0 spiro atoms. The van der Waals surface area contributed by atoms with Gasteiger partial charge in [0.2, 0.25) is 0 Å². The molecule has 3 N–H and O–H groups in total. The number of phosphoric ester groups is 2. The lowest BCUT2D eigenvalue weighted by atomic mass is 9.99. The summed E-state index contributed by atoms with van der Waals surface area (Å²) in [5, 5.41) is 10.7. The lowest BCUT2D eigenvalue weighted by Gasteiger charge is -2.21. The number of unbranched alkanes of at least 4 members (excludes halogenated alkanes) is 52. The second-order valence-corrected chi connectivity index (χ2v) is 37.2. The van der Waals surface area contributed by atoms with Crippen LogP contribution in [0.3, 0.4) is 0 Å². The highest BCUT2D eigenvalue weighted by Crippen LogP contribution is 2.45. The molecule has 0 aliphatic carbocycles. The van der Waals surface area contributed by atoms with Crippen LogP contribution in [0.5, 0.6) is 0 Å². The van der Waals surface area contributed by atoms with E-state index in [9.17, 15) is 43.2 Å². The van der Waals surface area contributed by atoms with Gasteiger partial charge in [0.1, 0.15) is 19.3 Å². The summed E-state index contributed by atoms with van der Waals surface area (Å²) in [4.78, 5) is 73.4. The van der Waals surface area contributed by atoms with Gasteiger partial charge in [0.15, 0.2) is 12.2 Å². The molecule has 19 heteroatoms. The summed E-state index contributed by atoms with van der Waals surface area (Å²) in [6.07, 6.45) is 72.3. The molecule has 0 rings (SSSR count). The topological polar surface area (TPSA) is 237 Å². The van der Waals surface area contributed by atoms with Crippen LogP contribution in [0, 0.1) is 23.7 Å². The van der Waals surface area contributed by atoms with Gasteiger partial charge in [-0.3, -0.25) is 37.3 Å². The van der Waals surface area contributed by atoms with E-state index in [1.807, 2.05) is 0 Å². The van der Waals surface area contributed by atoms with Crippen LogP contribution < -0.4 is 0 Å². The Hall–Kier alpha value is -1.94. The van der Waals surface area contributed by atoms with Crippen LogP contribution in [-0.4, -0.2) is 96.7 Å². The third-order valence-electron chi connectivity index (χ3n) is 22.7. The van der Waals surface area contributed by atoms with E-state index in [0.717, 1.165) is 120 Å². The third-order valence-corrected chi connectivity index (χ3v) is 24.6. The number of carbonyl (C=O) groups excluding carboxylic acids is 4. The Morgan fingerprint density at radius 1 is 0.252 bits per heavy atom. The molecule has 0 heterocycles. The fourth-order valence-corrected chi connectivity index (χ4v) is 15.9. The van der Waals surface area contributed by atoms with Crippen molar-refractivity contribution >= 4 is 39.5 Å². The third kappa shape index (κ3) is 81.6. The number of esters is 4.